The Hall–Kier alpha value is -1.94. The number of aromatic nitrogens is 3. The molecule has 0 aliphatic rings. The molecule has 3 rings (SSSR count). The molecule has 0 saturated carbocycles. The van der Waals surface area contributed by atoms with E-state index in [1.54, 1.807) is 30.0 Å². The number of halogens is 1. The van der Waals surface area contributed by atoms with Gasteiger partial charge in [-0.05, 0) is 31.5 Å². The van der Waals surface area contributed by atoms with Crippen molar-refractivity contribution in [2.75, 3.05) is 24.8 Å². The lowest BCUT2D eigenvalue weighted by atomic mass is 10.2. The summed E-state index contributed by atoms with van der Waals surface area (Å²) in [6, 6.07) is 3.36. The fourth-order valence-corrected chi connectivity index (χ4v) is 4.66. The molecule has 0 spiro atoms. The van der Waals surface area contributed by atoms with Gasteiger partial charge in [0.05, 0.1) is 30.0 Å². The lowest BCUT2D eigenvalue weighted by Gasteiger charge is -2.12. The highest BCUT2D eigenvalue weighted by molar-refractivity contribution is 7.99. The Kier molecular flexibility index (Phi) is 6.71. The van der Waals surface area contributed by atoms with Gasteiger partial charge in [0.1, 0.15) is 4.83 Å². The maximum Gasteiger partial charge on any atom is 0.263 e. The summed E-state index contributed by atoms with van der Waals surface area (Å²) in [5.41, 5.74) is 1.28. The van der Waals surface area contributed by atoms with E-state index in [9.17, 15) is 9.59 Å². The highest BCUT2D eigenvalue weighted by atomic mass is 35.5. The molecule has 7 nitrogen and oxygen atoms in total. The number of pyridine rings is 1. The number of ether oxygens (including phenoxy) is 1. The van der Waals surface area contributed by atoms with Crippen molar-refractivity contribution in [2.24, 2.45) is 0 Å². The van der Waals surface area contributed by atoms with Gasteiger partial charge in [-0.15, -0.1) is 11.3 Å². The van der Waals surface area contributed by atoms with Gasteiger partial charge in [-0.1, -0.05) is 23.4 Å². The van der Waals surface area contributed by atoms with Crippen LogP contribution in [0.1, 0.15) is 10.4 Å². The maximum atomic E-state index is 13.0. The molecule has 0 saturated heterocycles. The number of nitrogens with zero attached hydrogens (tertiary/aromatic N) is 3. The van der Waals surface area contributed by atoms with Crippen molar-refractivity contribution in [3.05, 3.63) is 44.3 Å². The molecular formula is C18H19ClN4O3S2. The molecule has 0 atom stereocenters. The number of methoxy groups -OCH3 is 1. The van der Waals surface area contributed by atoms with Crippen LogP contribution in [0.15, 0.2) is 28.3 Å². The molecule has 0 aromatic carbocycles. The van der Waals surface area contributed by atoms with Gasteiger partial charge < -0.3 is 10.1 Å². The highest BCUT2D eigenvalue weighted by Crippen LogP contribution is 2.28. The minimum absolute atomic E-state index is 0.0828. The van der Waals surface area contributed by atoms with Gasteiger partial charge in [0, 0.05) is 18.2 Å². The summed E-state index contributed by atoms with van der Waals surface area (Å²) in [7, 11) is 1.58. The SMILES string of the molecule is COCCn1c(SCC(=O)Nc2cccnc2Cl)nc2sc(C)c(C)c2c1=O. The summed E-state index contributed by atoms with van der Waals surface area (Å²) in [6.07, 6.45) is 1.55. The second-order valence-electron chi connectivity index (χ2n) is 5.99. The van der Waals surface area contributed by atoms with Gasteiger partial charge >= 0.3 is 0 Å². The van der Waals surface area contributed by atoms with Crippen LogP contribution in [0.3, 0.4) is 0 Å². The number of carbonyl (C=O) groups excluding carboxylic acids is 1. The number of carbonyl (C=O) groups is 1. The third-order valence-electron chi connectivity index (χ3n) is 4.14. The van der Waals surface area contributed by atoms with Crippen LogP contribution >= 0.6 is 34.7 Å². The molecule has 3 aromatic heterocycles. The maximum absolute atomic E-state index is 13.0. The van der Waals surface area contributed by atoms with E-state index in [0.717, 1.165) is 10.4 Å². The second kappa shape index (κ2) is 9.04. The van der Waals surface area contributed by atoms with Crippen LogP contribution in [0.5, 0.6) is 0 Å². The van der Waals surface area contributed by atoms with E-state index >= 15 is 0 Å². The van der Waals surface area contributed by atoms with E-state index < -0.39 is 0 Å². The van der Waals surface area contributed by atoms with E-state index in [0.29, 0.717) is 34.2 Å². The first-order valence-electron chi connectivity index (χ1n) is 8.45. The second-order valence-corrected chi connectivity index (χ2v) is 8.49. The summed E-state index contributed by atoms with van der Waals surface area (Å²) in [4.78, 5) is 35.6. The molecule has 0 radical (unpaired) electrons. The predicted molar refractivity (Wildman–Crippen MR) is 114 cm³/mol. The van der Waals surface area contributed by atoms with E-state index in [2.05, 4.69) is 15.3 Å². The molecular weight excluding hydrogens is 420 g/mol. The Labute approximate surface area is 175 Å². The molecule has 0 aliphatic heterocycles. The minimum Gasteiger partial charge on any atom is -0.383 e. The third-order valence-corrected chi connectivity index (χ3v) is 6.52. The number of fused-ring (bicyclic) bond motifs is 1. The fourth-order valence-electron chi connectivity index (χ4n) is 2.59. The van der Waals surface area contributed by atoms with Gasteiger partial charge in [-0.25, -0.2) is 9.97 Å². The van der Waals surface area contributed by atoms with Crippen LogP contribution in [-0.4, -0.2) is 39.9 Å². The van der Waals surface area contributed by atoms with Crippen molar-refractivity contribution in [1.29, 1.82) is 0 Å². The molecule has 148 valence electrons. The van der Waals surface area contributed by atoms with Crippen LogP contribution in [0, 0.1) is 13.8 Å². The van der Waals surface area contributed by atoms with Crippen molar-refractivity contribution in [2.45, 2.75) is 25.5 Å². The minimum atomic E-state index is -0.258. The number of amides is 1. The van der Waals surface area contributed by atoms with Crippen LogP contribution in [0.2, 0.25) is 5.15 Å². The molecule has 0 fully saturated rings. The summed E-state index contributed by atoms with van der Waals surface area (Å²) in [5.74, 6) is -0.175. The quantitative estimate of drug-likeness (QED) is 0.345. The van der Waals surface area contributed by atoms with Gasteiger partial charge in [-0.3, -0.25) is 14.2 Å². The van der Waals surface area contributed by atoms with Crippen molar-refractivity contribution in [3.63, 3.8) is 0 Å². The van der Waals surface area contributed by atoms with Crippen molar-refractivity contribution < 1.29 is 9.53 Å². The molecule has 1 N–H and O–H groups in total. The Balaban J connectivity index is 1.86. The average molecular weight is 439 g/mol. The Bertz CT molecular complexity index is 1080. The van der Waals surface area contributed by atoms with E-state index in [4.69, 9.17) is 16.3 Å². The predicted octanol–water partition coefficient (Wildman–Crippen LogP) is 3.50. The lowest BCUT2D eigenvalue weighted by molar-refractivity contribution is -0.113. The number of anilines is 1. The molecule has 0 unspecified atom stereocenters. The summed E-state index contributed by atoms with van der Waals surface area (Å²) in [5, 5.41) is 4.06. The summed E-state index contributed by atoms with van der Waals surface area (Å²) < 4.78 is 6.70. The number of hydrogen-bond acceptors (Lipinski definition) is 7. The van der Waals surface area contributed by atoms with Gasteiger partial charge in [-0.2, -0.15) is 0 Å². The number of nitrogens with one attached hydrogen (secondary N) is 1. The van der Waals surface area contributed by atoms with Crippen molar-refractivity contribution >= 4 is 56.5 Å². The Morgan fingerprint density at radius 1 is 1.43 bits per heavy atom. The number of hydrogen-bond donors (Lipinski definition) is 1. The Morgan fingerprint density at radius 3 is 2.93 bits per heavy atom. The zero-order valence-electron chi connectivity index (χ0n) is 15.6. The first kappa shape index (κ1) is 20.8. The number of rotatable bonds is 7. The fraction of sp³-hybridized carbons (Fsp3) is 0.333. The first-order chi connectivity index (χ1) is 13.4. The largest absolute Gasteiger partial charge is 0.383 e. The zero-order chi connectivity index (χ0) is 20.3. The van der Waals surface area contributed by atoms with Crippen LogP contribution in [0.4, 0.5) is 5.69 Å². The molecule has 3 aromatic rings. The zero-order valence-corrected chi connectivity index (χ0v) is 18.0. The van der Waals surface area contributed by atoms with Crippen LogP contribution in [-0.2, 0) is 16.1 Å². The average Bonchev–Trinajstić information content (AvgIpc) is 2.95. The standard InChI is InChI=1S/C18H19ClN4O3S2/c1-10-11(2)28-16-14(10)17(25)23(7-8-26-3)18(22-16)27-9-13(24)21-12-5-4-6-20-15(12)19/h4-6H,7-9H2,1-3H3,(H,21,24). The summed E-state index contributed by atoms with van der Waals surface area (Å²) in [6.45, 7) is 4.64. The molecule has 0 aliphatic carbocycles. The number of aryl methyl sites for hydroxylation is 2. The summed E-state index contributed by atoms with van der Waals surface area (Å²) >= 11 is 8.65. The normalized spacial score (nSPS) is 11.1. The van der Waals surface area contributed by atoms with Gasteiger partial charge in [0.15, 0.2) is 10.3 Å². The smallest absolute Gasteiger partial charge is 0.263 e. The van der Waals surface area contributed by atoms with E-state index in [1.165, 1.54) is 23.1 Å². The third kappa shape index (κ3) is 4.38. The number of thiophene rings is 1. The van der Waals surface area contributed by atoms with Crippen LogP contribution < -0.4 is 10.9 Å². The molecule has 28 heavy (non-hydrogen) atoms. The van der Waals surface area contributed by atoms with Crippen molar-refractivity contribution in [3.8, 4) is 0 Å². The van der Waals surface area contributed by atoms with E-state index in [-0.39, 0.29) is 22.4 Å². The number of thioether (sulfide) groups is 1. The van der Waals surface area contributed by atoms with Crippen LogP contribution in [0.25, 0.3) is 10.2 Å². The van der Waals surface area contributed by atoms with Gasteiger partial charge in [0.25, 0.3) is 5.56 Å². The molecule has 3 heterocycles. The van der Waals surface area contributed by atoms with Gasteiger partial charge in [0.2, 0.25) is 5.91 Å². The highest BCUT2D eigenvalue weighted by Gasteiger charge is 2.18. The monoisotopic (exact) mass is 438 g/mol. The molecule has 1 amide bonds. The molecule has 10 heteroatoms. The molecule has 0 bridgehead atoms. The topological polar surface area (TPSA) is 86.1 Å². The Morgan fingerprint density at radius 2 is 2.21 bits per heavy atom. The van der Waals surface area contributed by atoms with Crippen molar-refractivity contribution in [1.82, 2.24) is 14.5 Å². The first-order valence-corrected chi connectivity index (χ1v) is 10.6. The van der Waals surface area contributed by atoms with E-state index in [1.807, 2.05) is 13.8 Å². The lowest BCUT2D eigenvalue weighted by Crippen LogP contribution is -2.26.